The molecule has 1 atom stereocenters. The third-order valence-corrected chi connectivity index (χ3v) is 4.24. The number of ether oxygens (including phenoxy) is 1. The zero-order valence-corrected chi connectivity index (χ0v) is 13.0. The van der Waals surface area contributed by atoms with Crippen molar-refractivity contribution in [2.45, 2.75) is 39.7 Å². The van der Waals surface area contributed by atoms with Crippen molar-refractivity contribution in [2.75, 3.05) is 13.2 Å². The SMILES string of the molecule is CC(=NNC(=O)NCC1CCCO1)c1cc(C)sc1C. The quantitative estimate of drug-likeness (QED) is 0.662. The van der Waals surface area contributed by atoms with Crippen molar-refractivity contribution in [2.24, 2.45) is 5.10 Å². The maximum absolute atomic E-state index is 11.6. The number of hydrogen-bond acceptors (Lipinski definition) is 4. The Kier molecular flexibility index (Phi) is 5.14. The molecule has 2 amide bonds. The molecular formula is C14H21N3O2S. The molecule has 1 aliphatic heterocycles. The van der Waals surface area contributed by atoms with E-state index < -0.39 is 0 Å². The number of carbonyl (C=O) groups excluding carboxylic acids is 1. The molecule has 2 N–H and O–H groups in total. The first kappa shape index (κ1) is 15.0. The Morgan fingerprint density at radius 3 is 2.95 bits per heavy atom. The van der Waals surface area contributed by atoms with Gasteiger partial charge < -0.3 is 10.1 Å². The van der Waals surface area contributed by atoms with E-state index >= 15 is 0 Å². The summed E-state index contributed by atoms with van der Waals surface area (Å²) in [6, 6.07) is 1.80. The van der Waals surface area contributed by atoms with Gasteiger partial charge in [-0.25, -0.2) is 10.2 Å². The second-order valence-corrected chi connectivity index (χ2v) is 6.44. The molecule has 1 aromatic rings. The summed E-state index contributed by atoms with van der Waals surface area (Å²) < 4.78 is 5.44. The van der Waals surface area contributed by atoms with Crippen molar-refractivity contribution in [1.82, 2.24) is 10.7 Å². The van der Waals surface area contributed by atoms with E-state index in [2.05, 4.69) is 35.8 Å². The van der Waals surface area contributed by atoms with E-state index in [9.17, 15) is 4.79 Å². The standard InChI is InChI=1S/C14H21N3O2S/c1-9-7-13(11(3)20-9)10(2)16-17-14(18)15-8-12-5-4-6-19-12/h7,12H,4-6,8H2,1-3H3,(H2,15,17,18). The molecule has 2 rings (SSSR count). The molecule has 1 aliphatic rings. The largest absolute Gasteiger partial charge is 0.376 e. The molecule has 5 nitrogen and oxygen atoms in total. The molecule has 110 valence electrons. The zero-order valence-electron chi connectivity index (χ0n) is 12.2. The molecule has 1 saturated heterocycles. The Hall–Kier alpha value is -1.40. The summed E-state index contributed by atoms with van der Waals surface area (Å²) >= 11 is 1.73. The molecule has 6 heteroatoms. The van der Waals surface area contributed by atoms with E-state index in [0.29, 0.717) is 6.54 Å². The first-order valence-electron chi connectivity index (χ1n) is 6.83. The topological polar surface area (TPSA) is 62.7 Å². The molecular weight excluding hydrogens is 274 g/mol. The number of urea groups is 1. The van der Waals surface area contributed by atoms with Gasteiger partial charge >= 0.3 is 6.03 Å². The zero-order chi connectivity index (χ0) is 14.5. The third-order valence-electron chi connectivity index (χ3n) is 3.27. The van der Waals surface area contributed by atoms with Crippen LogP contribution in [0.25, 0.3) is 0 Å². The molecule has 2 heterocycles. The number of hydrazone groups is 1. The lowest BCUT2D eigenvalue weighted by atomic mass is 10.2. The summed E-state index contributed by atoms with van der Waals surface area (Å²) in [4.78, 5) is 14.1. The summed E-state index contributed by atoms with van der Waals surface area (Å²) in [5.74, 6) is 0. The maximum atomic E-state index is 11.6. The van der Waals surface area contributed by atoms with Crippen LogP contribution < -0.4 is 10.7 Å². The number of amides is 2. The van der Waals surface area contributed by atoms with Gasteiger partial charge in [-0.15, -0.1) is 11.3 Å². The molecule has 0 aliphatic carbocycles. The molecule has 20 heavy (non-hydrogen) atoms. The van der Waals surface area contributed by atoms with Gasteiger partial charge in [0.15, 0.2) is 0 Å². The first-order valence-corrected chi connectivity index (χ1v) is 7.65. The highest BCUT2D eigenvalue weighted by Crippen LogP contribution is 2.21. The Bertz CT molecular complexity index is 505. The maximum Gasteiger partial charge on any atom is 0.335 e. The van der Waals surface area contributed by atoms with E-state index in [1.165, 1.54) is 9.75 Å². The summed E-state index contributed by atoms with van der Waals surface area (Å²) in [7, 11) is 0. The summed E-state index contributed by atoms with van der Waals surface area (Å²) in [5.41, 5.74) is 4.44. The predicted molar refractivity (Wildman–Crippen MR) is 81.5 cm³/mol. The van der Waals surface area contributed by atoms with Crippen molar-refractivity contribution in [3.05, 3.63) is 21.4 Å². The van der Waals surface area contributed by atoms with Crippen LogP contribution in [-0.4, -0.2) is 31.0 Å². The van der Waals surface area contributed by atoms with Crippen molar-refractivity contribution >= 4 is 23.1 Å². The van der Waals surface area contributed by atoms with Gasteiger partial charge in [0.1, 0.15) is 0 Å². The van der Waals surface area contributed by atoms with E-state index in [1.54, 1.807) is 11.3 Å². The fourth-order valence-electron chi connectivity index (χ4n) is 2.24. The minimum Gasteiger partial charge on any atom is -0.376 e. The lowest BCUT2D eigenvalue weighted by Gasteiger charge is -2.10. The predicted octanol–water partition coefficient (Wildman–Crippen LogP) is 2.57. The van der Waals surface area contributed by atoms with Crippen LogP contribution in [0.15, 0.2) is 11.2 Å². The van der Waals surface area contributed by atoms with E-state index in [-0.39, 0.29) is 12.1 Å². The van der Waals surface area contributed by atoms with Crippen molar-refractivity contribution in [3.63, 3.8) is 0 Å². The van der Waals surface area contributed by atoms with Gasteiger partial charge in [0.25, 0.3) is 0 Å². The van der Waals surface area contributed by atoms with Crippen LogP contribution >= 0.6 is 11.3 Å². The molecule has 1 aromatic heterocycles. The molecule has 0 spiro atoms. The van der Waals surface area contributed by atoms with Crippen LogP contribution in [0.5, 0.6) is 0 Å². The normalized spacial score (nSPS) is 19.1. The van der Waals surface area contributed by atoms with E-state index in [1.807, 2.05) is 6.92 Å². The Labute approximate surface area is 123 Å². The average Bonchev–Trinajstić information content (AvgIpc) is 3.03. The van der Waals surface area contributed by atoms with Gasteiger partial charge in [0.2, 0.25) is 0 Å². The molecule has 0 aromatic carbocycles. The monoisotopic (exact) mass is 295 g/mol. The van der Waals surface area contributed by atoms with Crippen LogP contribution in [0.1, 0.15) is 35.1 Å². The third kappa shape index (κ3) is 4.05. The van der Waals surface area contributed by atoms with Crippen LogP contribution in [0.4, 0.5) is 4.79 Å². The highest BCUT2D eigenvalue weighted by Gasteiger charge is 2.15. The van der Waals surface area contributed by atoms with Crippen LogP contribution in [0.3, 0.4) is 0 Å². The minimum absolute atomic E-state index is 0.146. The lowest BCUT2D eigenvalue weighted by Crippen LogP contribution is -2.37. The molecule has 0 bridgehead atoms. The van der Waals surface area contributed by atoms with Gasteiger partial charge in [-0.1, -0.05) is 0 Å². The van der Waals surface area contributed by atoms with Crippen LogP contribution in [-0.2, 0) is 4.74 Å². The summed E-state index contributed by atoms with van der Waals surface area (Å²) in [5, 5.41) is 6.91. The minimum atomic E-state index is -0.288. The van der Waals surface area contributed by atoms with Gasteiger partial charge in [-0.05, 0) is 39.7 Å². The van der Waals surface area contributed by atoms with E-state index in [0.717, 1.165) is 30.7 Å². The number of nitrogens with one attached hydrogen (secondary N) is 2. The molecule has 0 radical (unpaired) electrons. The second kappa shape index (κ2) is 6.85. The fraction of sp³-hybridized carbons (Fsp3) is 0.571. The second-order valence-electron chi connectivity index (χ2n) is 4.98. The number of carbonyl (C=O) groups is 1. The number of rotatable bonds is 4. The van der Waals surface area contributed by atoms with Crippen molar-refractivity contribution in [3.8, 4) is 0 Å². The number of thiophene rings is 1. The van der Waals surface area contributed by atoms with Crippen LogP contribution in [0, 0.1) is 13.8 Å². The average molecular weight is 295 g/mol. The smallest absolute Gasteiger partial charge is 0.335 e. The summed E-state index contributed by atoms with van der Waals surface area (Å²) in [6.07, 6.45) is 2.23. The molecule has 1 unspecified atom stereocenters. The number of aryl methyl sites for hydroxylation is 2. The van der Waals surface area contributed by atoms with Crippen LogP contribution in [0.2, 0.25) is 0 Å². The molecule has 1 fully saturated rings. The Morgan fingerprint density at radius 1 is 1.55 bits per heavy atom. The van der Waals surface area contributed by atoms with Crippen molar-refractivity contribution < 1.29 is 9.53 Å². The highest BCUT2D eigenvalue weighted by atomic mass is 32.1. The van der Waals surface area contributed by atoms with Gasteiger partial charge in [0.05, 0.1) is 11.8 Å². The Balaban J connectivity index is 1.81. The number of nitrogens with zero attached hydrogens (tertiary/aromatic N) is 1. The van der Waals surface area contributed by atoms with Crippen molar-refractivity contribution in [1.29, 1.82) is 0 Å². The van der Waals surface area contributed by atoms with Gasteiger partial charge in [0, 0.05) is 28.5 Å². The number of hydrogen-bond donors (Lipinski definition) is 2. The van der Waals surface area contributed by atoms with E-state index in [4.69, 9.17) is 4.74 Å². The molecule has 0 saturated carbocycles. The first-order chi connectivity index (χ1) is 9.56. The lowest BCUT2D eigenvalue weighted by molar-refractivity contribution is 0.111. The summed E-state index contributed by atoms with van der Waals surface area (Å²) in [6.45, 7) is 7.35. The fourth-order valence-corrected chi connectivity index (χ4v) is 3.21. The highest BCUT2D eigenvalue weighted by molar-refractivity contribution is 7.12. The van der Waals surface area contributed by atoms with Gasteiger partial charge in [-0.2, -0.15) is 5.10 Å². The Morgan fingerprint density at radius 2 is 2.35 bits per heavy atom. The van der Waals surface area contributed by atoms with Gasteiger partial charge in [-0.3, -0.25) is 0 Å².